The summed E-state index contributed by atoms with van der Waals surface area (Å²) in [7, 11) is 1.84. The molecule has 7 nitrogen and oxygen atoms in total. The van der Waals surface area contributed by atoms with E-state index in [1.54, 1.807) is 10.9 Å². The van der Waals surface area contributed by atoms with Gasteiger partial charge < -0.3 is 19.6 Å². The number of hydrogen-bond donors (Lipinski definition) is 2. The summed E-state index contributed by atoms with van der Waals surface area (Å²) in [5.41, 5.74) is 0.864. The normalized spacial score (nSPS) is 12.3. The third-order valence-corrected chi connectivity index (χ3v) is 3.61. The molecule has 2 aromatic heterocycles. The van der Waals surface area contributed by atoms with E-state index < -0.39 is 0 Å². The van der Waals surface area contributed by atoms with Crippen LogP contribution >= 0.6 is 0 Å². The summed E-state index contributed by atoms with van der Waals surface area (Å²) in [5.74, 6) is 1.56. The minimum absolute atomic E-state index is 0.214. The number of aryl methyl sites for hydroxylation is 1. The van der Waals surface area contributed by atoms with Crippen LogP contribution in [0.3, 0.4) is 0 Å². The first-order valence-corrected chi connectivity index (χ1v) is 7.49. The molecule has 1 atom stereocenters. The highest BCUT2D eigenvalue weighted by atomic mass is 16.3. The zero-order chi connectivity index (χ0) is 16.2. The molecule has 2 heterocycles. The number of hydrogen-bond acceptors (Lipinski definition) is 4. The van der Waals surface area contributed by atoms with Crippen molar-refractivity contribution >= 4 is 17.0 Å². The second-order valence-electron chi connectivity index (χ2n) is 5.42. The number of para-hydroxylation sites is 1. The maximum atomic E-state index is 11.9. The van der Waals surface area contributed by atoms with Crippen molar-refractivity contribution in [1.82, 2.24) is 25.4 Å². The lowest BCUT2D eigenvalue weighted by atomic mass is 10.2. The zero-order valence-corrected chi connectivity index (χ0v) is 13.1. The first-order chi connectivity index (χ1) is 11.1. The second-order valence-corrected chi connectivity index (χ2v) is 5.42. The fourth-order valence-corrected chi connectivity index (χ4v) is 2.46. The van der Waals surface area contributed by atoms with Crippen LogP contribution in [-0.4, -0.2) is 27.3 Å². The molecule has 120 valence electrons. The number of fused-ring (bicyclic) bond motifs is 1. The minimum atomic E-state index is -0.239. The molecule has 0 saturated heterocycles. The van der Waals surface area contributed by atoms with Crippen LogP contribution < -0.4 is 10.6 Å². The third-order valence-electron chi connectivity index (χ3n) is 3.61. The predicted octanol–water partition coefficient (Wildman–Crippen LogP) is 2.16. The van der Waals surface area contributed by atoms with Crippen LogP contribution in [0.15, 0.2) is 41.1 Å². The number of urea groups is 1. The van der Waals surface area contributed by atoms with Crippen LogP contribution in [0.2, 0.25) is 0 Å². The summed E-state index contributed by atoms with van der Waals surface area (Å²) in [6.45, 7) is 2.36. The molecule has 1 unspecified atom stereocenters. The Morgan fingerprint density at radius 3 is 2.96 bits per heavy atom. The molecule has 0 aliphatic carbocycles. The number of nitrogens with one attached hydrogen (secondary N) is 2. The molecular formula is C16H19N5O2. The first-order valence-electron chi connectivity index (χ1n) is 7.49. The highest BCUT2D eigenvalue weighted by Crippen LogP contribution is 2.18. The molecule has 0 aliphatic heterocycles. The predicted molar refractivity (Wildman–Crippen MR) is 85.9 cm³/mol. The lowest BCUT2D eigenvalue weighted by Gasteiger charge is -2.13. The molecule has 0 aliphatic rings. The van der Waals surface area contributed by atoms with Gasteiger partial charge in [-0.15, -0.1) is 10.2 Å². The SMILES string of the molecule is CC(NC(=O)NCCc1cc2ccccc2o1)c1nncn1C. The number of carbonyl (C=O) groups excluding carboxylic acids is 1. The fourth-order valence-electron chi connectivity index (χ4n) is 2.46. The molecule has 23 heavy (non-hydrogen) atoms. The monoisotopic (exact) mass is 313 g/mol. The Morgan fingerprint density at radius 1 is 1.39 bits per heavy atom. The summed E-state index contributed by atoms with van der Waals surface area (Å²) < 4.78 is 7.49. The van der Waals surface area contributed by atoms with Gasteiger partial charge in [-0.05, 0) is 19.1 Å². The van der Waals surface area contributed by atoms with Crippen molar-refractivity contribution in [1.29, 1.82) is 0 Å². The van der Waals surface area contributed by atoms with Gasteiger partial charge >= 0.3 is 6.03 Å². The van der Waals surface area contributed by atoms with E-state index in [2.05, 4.69) is 20.8 Å². The van der Waals surface area contributed by atoms with Gasteiger partial charge in [-0.1, -0.05) is 18.2 Å². The molecule has 7 heteroatoms. The van der Waals surface area contributed by atoms with Crippen LogP contribution in [0.25, 0.3) is 11.0 Å². The van der Waals surface area contributed by atoms with Gasteiger partial charge in [0.1, 0.15) is 17.7 Å². The van der Waals surface area contributed by atoms with Gasteiger partial charge in [0.05, 0.1) is 6.04 Å². The molecule has 3 aromatic rings. The molecular weight excluding hydrogens is 294 g/mol. The van der Waals surface area contributed by atoms with Crippen molar-refractivity contribution < 1.29 is 9.21 Å². The molecule has 0 bridgehead atoms. The Kier molecular flexibility index (Phi) is 4.27. The number of amides is 2. The largest absolute Gasteiger partial charge is 0.461 e. The smallest absolute Gasteiger partial charge is 0.315 e. The molecule has 0 radical (unpaired) electrons. The fraction of sp³-hybridized carbons (Fsp3) is 0.312. The first kappa shape index (κ1) is 15.1. The number of benzene rings is 1. The number of furan rings is 1. The number of carbonyl (C=O) groups is 1. The molecule has 0 spiro atoms. The van der Waals surface area contributed by atoms with Crippen LogP contribution in [0.5, 0.6) is 0 Å². The average molecular weight is 313 g/mol. The molecule has 2 amide bonds. The van der Waals surface area contributed by atoms with Crippen LogP contribution in [0.1, 0.15) is 24.6 Å². The molecule has 0 saturated carbocycles. The summed E-state index contributed by atoms with van der Waals surface area (Å²) in [4.78, 5) is 11.9. The molecule has 2 N–H and O–H groups in total. The van der Waals surface area contributed by atoms with E-state index in [9.17, 15) is 4.79 Å². The van der Waals surface area contributed by atoms with Crippen LogP contribution in [-0.2, 0) is 13.5 Å². The molecule has 0 fully saturated rings. The standard InChI is InChI=1S/C16H19N5O2/c1-11(15-20-18-10-21(15)2)19-16(22)17-8-7-13-9-12-5-3-4-6-14(12)23-13/h3-6,9-11H,7-8H2,1-2H3,(H2,17,19,22). The van der Waals surface area contributed by atoms with Gasteiger partial charge in [-0.2, -0.15) is 0 Å². The van der Waals surface area contributed by atoms with Gasteiger partial charge in [0.25, 0.3) is 0 Å². The Morgan fingerprint density at radius 2 is 2.22 bits per heavy atom. The lowest BCUT2D eigenvalue weighted by molar-refractivity contribution is 0.237. The Labute approximate surface area is 133 Å². The van der Waals surface area contributed by atoms with Crippen molar-refractivity contribution in [2.24, 2.45) is 7.05 Å². The van der Waals surface area contributed by atoms with E-state index in [-0.39, 0.29) is 12.1 Å². The zero-order valence-electron chi connectivity index (χ0n) is 13.1. The summed E-state index contributed by atoms with van der Waals surface area (Å²) >= 11 is 0. The summed E-state index contributed by atoms with van der Waals surface area (Å²) in [6, 6.07) is 9.39. The highest BCUT2D eigenvalue weighted by Gasteiger charge is 2.13. The van der Waals surface area contributed by atoms with Gasteiger partial charge in [-0.3, -0.25) is 0 Å². The van der Waals surface area contributed by atoms with E-state index in [0.29, 0.717) is 18.8 Å². The van der Waals surface area contributed by atoms with Crippen molar-refractivity contribution in [2.75, 3.05) is 6.54 Å². The van der Waals surface area contributed by atoms with Gasteiger partial charge in [0.15, 0.2) is 5.82 Å². The van der Waals surface area contributed by atoms with Crippen molar-refractivity contribution in [3.63, 3.8) is 0 Å². The van der Waals surface area contributed by atoms with E-state index in [4.69, 9.17) is 4.42 Å². The van der Waals surface area contributed by atoms with E-state index in [0.717, 1.165) is 16.7 Å². The van der Waals surface area contributed by atoms with Gasteiger partial charge in [-0.25, -0.2) is 4.79 Å². The Balaban J connectivity index is 1.48. The average Bonchev–Trinajstić information content (AvgIpc) is 3.12. The van der Waals surface area contributed by atoms with Crippen molar-refractivity contribution in [3.8, 4) is 0 Å². The Hall–Kier alpha value is -2.83. The maximum absolute atomic E-state index is 11.9. The van der Waals surface area contributed by atoms with E-state index in [1.165, 1.54) is 0 Å². The van der Waals surface area contributed by atoms with Gasteiger partial charge in [0, 0.05) is 25.4 Å². The van der Waals surface area contributed by atoms with Crippen LogP contribution in [0.4, 0.5) is 4.79 Å². The van der Waals surface area contributed by atoms with Crippen molar-refractivity contribution in [2.45, 2.75) is 19.4 Å². The quantitative estimate of drug-likeness (QED) is 0.756. The van der Waals surface area contributed by atoms with Crippen LogP contribution in [0, 0.1) is 0 Å². The second kappa shape index (κ2) is 6.51. The molecule has 1 aromatic carbocycles. The van der Waals surface area contributed by atoms with E-state index in [1.807, 2.05) is 44.3 Å². The van der Waals surface area contributed by atoms with E-state index >= 15 is 0 Å². The minimum Gasteiger partial charge on any atom is -0.461 e. The van der Waals surface area contributed by atoms with Crippen molar-refractivity contribution in [3.05, 3.63) is 48.2 Å². The third kappa shape index (κ3) is 3.50. The molecule has 3 rings (SSSR count). The lowest BCUT2D eigenvalue weighted by Crippen LogP contribution is -2.38. The topological polar surface area (TPSA) is 85.0 Å². The highest BCUT2D eigenvalue weighted by molar-refractivity contribution is 5.77. The summed E-state index contributed by atoms with van der Waals surface area (Å²) in [5, 5.41) is 14.5. The number of nitrogens with zero attached hydrogens (tertiary/aromatic N) is 3. The maximum Gasteiger partial charge on any atom is 0.315 e. The number of rotatable bonds is 5. The summed E-state index contributed by atoms with van der Waals surface area (Å²) in [6.07, 6.45) is 2.24. The van der Waals surface area contributed by atoms with Gasteiger partial charge in [0.2, 0.25) is 0 Å². The number of aromatic nitrogens is 3. The Bertz CT molecular complexity index is 775.